The summed E-state index contributed by atoms with van der Waals surface area (Å²) in [5, 5.41) is 0.0660. The van der Waals surface area contributed by atoms with Crippen LogP contribution < -0.4 is 15.6 Å². The van der Waals surface area contributed by atoms with E-state index in [0.717, 1.165) is 28.6 Å². The third-order valence-corrected chi connectivity index (χ3v) is 5.63. The largest absolute Gasteiger partial charge is 0.293 e. The van der Waals surface area contributed by atoms with Crippen molar-refractivity contribution in [2.45, 2.75) is 4.90 Å². The van der Waals surface area contributed by atoms with Gasteiger partial charge in [-0.1, -0.05) is 29.3 Å². The highest BCUT2D eigenvalue weighted by Crippen LogP contribution is 2.35. The molecule has 10 heteroatoms. The van der Waals surface area contributed by atoms with Crippen molar-refractivity contribution in [2.75, 3.05) is 10.8 Å². The van der Waals surface area contributed by atoms with Crippen molar-refractivity contribution >= 4 is 44.8 Å². The van der Waals surface area contributed by atoms with Gasteiger partial charge in [-0.25, -0.2) is 18.7 Å². The Morgan fingerprint density at radius 2 is 1.79 bits per heavy atom. The number of benzene rings is 2. The molecule has 2 aromatic rings. The lowest BCUT2D eigenvalue weighted by Crippen LogP contribution is -2.43. The molecule has 128 valence electrons. The number of nitrogens with one attached hydrogen (secondary N) is 1. The van der Waals surface area contributed by atoms with Crippen LogP contribution in [0.25, 0.3) is 0 Å². The monoisotopic (exact) mass is 391 g/mol. The molecule has 0 heterocycles. The summed E-state index contributed by atoms with van der Waals surface area (Å²) in [6, 6.07) is 8.49. The number of hydrogen-bond acceptors (Lipinski definition) is 4. The van der Waals surface area contributed by atoms with Crippen molar-refractivity contribution < 1.29 is 17.6 Å². The topological polar surface area (TPSA) is 92.5 Å². The van der Waals surface area contributed by atoms with Crippen LogP contribution in [0.4, 0.5) is 10.1 Å². The Morgan fingerprint density at radius 1 is 1.17 bits per heavy atom. The quantitative estimate of drug-likeness (QED) is 0.464. The van der Waals surface area contributed by atoms with Gasteiger partial charge in [-0.15, -0.1) is 0 Å². The molecule has 6 nitrogen and oxygen atoms in total. The van der Waals surface area contributed by atoms with E-state index in [1.807, 2.05) is 5.43 Å². The Morgan fingerprint density at radius 3 is 2.38 bits per heavy atom. The van der Waals surface area contributed by atoms with Crippen molar-refractivity contribution in [2.24, 2.45) is 5.84 Å². The highest BCUT2D eigenvalue weighted by Gasteiger charge is 2.29. The average molecular weight is 392 g/mol. The van der Waals surface area contributed by atoms with Gasteiger partial charge in [-0.3, -0.25) is 14.5 Å². The molecule has 0 aliphatic carbocycles. The third-order valence-electron chi connectivity index (χ3n) is 3.05. The zero-order chi connectivity index (χ0) is 17.9. The first-order valence-electron chi connectivity index (χ1n) is 6.49. The molecule has 0 bridgehead atoms. The molecule has 2 aromatic carbocycles. The van der Waals surface area contributed by atoms with E-state index in [9.17, 15) is 17.6 Å². The van der Waals surface area contributed by atoms with Gasteiger partial charge >= 0.3 is 0 Å². The van der Waals surface area contributed by atoms with E-state index in [1.165, 1.54) is 18.2 Å². The van der Waals surface area contributed by atoms with Gasteiger partial charge in [0.2, 0.25) is 0 Å². The van der Waals surface area contributed by atoms with Gasteiger partial charge in [0.25, 0.3) is 15.9 Å². The number of nitrogens with two attached hydrogens (primary N) is 1. The van der Waals surface area contributed by atoms with Crippen LogP contribution in [0.15, 0.2) is 47.4 Å². The van der Waals surface area contributed by atoms with Crippen molar-refractivity contribution in [3.63, 3.8) is 0 Å². The maximum Gasteiger partial charge on any atom is 0.264 e. The van der Waals surface area contributed by atoms with E-state index < -0.39 is 28.3 Å². The molecule has 0 saturated carbocycles. The smallest absolute Gasteiger partial charge is 0.264 e. The van der Waals surface area contributed by atoms with E-state index in [4.69, 9.17) is 29.0 Å². The maximum absolute atomic E-state index is 13.1. The minimum Gasteiger partial charge on any atom is -0.293 e. The molecular weight excluding hydrogens is 380 g/mol. The number of sulfonamides is 1. The van der Waals surface area contributed by atoms with Crippen LogP contribution in [-0.4, -0.2) is 20.9 Å². The number of carbonyl (C=O) groups is 1. The van der Waals surface area contributed by atoms with Crippen molar-refractivity contribution in [3.05, 3.63) is 58.3 Å². The molecule has 0 aromatic heterocycles. The van der Waals surface area contributed by atoms with Crippen LogP contribution in [0.5, 0.6) is 0 Å². The van der Waals surface area contributed by atoms with Gasteiger partial charge < -0.3 is 0 Å². The molecular formula is C14H12Cl2FN3O3S. The summed E-state index contributed by atoms with van der Waals surface area (Å²) in [6.45, 7) is -0.629. The first-order chi connectivity index (χ1) is 11.3. The first kappa shape index (κ1) is 18.5. The van der Waals surface area contributed by atoms with E-state index in [1.54, 1.807) is 0 Å². The molecule has 0 spiro atoms. The highest BCUT2D eigenvalue weighted by atomic mass is 35.5. The molecule has 0 unspecified atom stereocenters. The van der Waals surface area contributed by atoms with Gasteiger partial charge in [-0.2, -0.15) is 0 Å². The predicted molar refractivity (Wildman–Crippen MR) is 89.7 cm³/mol. The number of anilines is 1. The predicted octanol–water partition coefficient (Wildman–Crippen LogP) is 2.32. The number of nitrogens with zero attached hydrogens (tertiary/aromatic N) is 1. The minimum absolute atomic E-state index is 0.00269. The van der Waals surface area contributed by atoms with Gasteiger partial charge in [-0.05, 0) is 36.4 Å². The fourth-order valence-corrected chi connectivity index (χ4v) is 3.78. The van der Waals surface area contributed by atoms with Gasteiger partial charge in [0.15, 0.2) is 0 Å². The highest BCUT2D eigenvalue weighted by molar-refractivity contribution is 7.92. The lowest BCUT2D eigenvalue weighted by Gasteiger charge is -2.24. The summed E-state index contributed by atoms with van der Waals surface area (Å²) in [4.78, 5) is 11.4. The number of hydrogen-bond donors (Lipinski definition) is 2. The summed E-state index contributed by atoms with van der Waals surface area (Å²) in [5.41, 5.74) is 1.85. The zero-order valence-electron chi connectivity index (χ0n) is 12.0. The minimum atomic E-state index is -4.21. The van der Waals surface area contributed by atoms with Crippen molar-refractivity contribution in [3.8, 4) is 0 Å². The first-order valence-corrected chi connectivity index (χ1v) is 8.68. The SMILES string of the molecule is NNC(=O)CN(c1cccc(Cl)c1Cl)S(=O)(=O)c1ccc(F)cc1. The number of halogens is 3. The molecule has 0 fully saturated rings. The number of hydrazine groups is 1. The number of carbonyl (C=O) groups excluding carboxylic acids is 1. The second kappa shape index (κ2) is 7.35. The van der Waals surface area contributed by atoms with E-state index in [2.05, 4.69) is 0 Å². The fourth-order valence-electron chi connectivity index (χ4n) is 1.89. The maximum atomic E-state index is 13.1. The van der Waals surface area contributed by atoms with E-state index in [-0.39, 0.29) is 20.6 Å². The lowest BCUT2D eigenvalue weighted by molar-refractivity contribution is -0.119. The Kier molecular flexibility index (Phi) is 5.66. The summed E-state index contributed by atoms with van der Waals surface area (Å²) < 4.78 is 39.5. The standard InChI is InChI=1S/C14H12Cl2FN3O3S/c15-11-2-1-3-12(14(11)16)20(8-13(21)19-18)24(22,23)10-6-4-9(17)5-7-10/h1-7H,8,18H2,(H,19,21). The molecule has 0 saturated heterocycles. The summed E-state index contributed by atoms with van der Waals surface area (Å²) >= 11 is 12.0. The second-order valence-corrected chi connectivity index (χ2v) is 7.25. The van der Waals surface area contributed by atoms with Gasteiger partial charge in [0.05, 0.1) is 20.6 Å². The average Bonchev–Trinajstić information content (AvgIpc) is 2.55. The van der Waals surface area contributed by atoms with E-state index in [0.29, 0.717) is 0 Å². The summed E-state index contributed by atoms with van der Waals surface area (Å²) in [6.07, 6.45) is 0. The summed E-state index contributed by atoms with van der Waals surface area (Å²) in [5.74, 6) is 3.68. The summed E-state index contributed by atoms with van der Waals surface area (Å²) in [7, 11) is -4.21. The molecule has 0 radical (unpaired) electrons. The molecule has 0 aliphatic heterocycles. The Labute approximate surface area is 148 Å². The second-order valence-electron chi connectivity index (χ2n) is 4.61. The fraction of sp³-hybridized carbons (Fsp3) is 0.0714. The van der Waals surface area contributed by atoms with Crippen LogP contribution in [0.3, 0.4) is 0 Å². The Bertz CT molecular complexity index is 860. The van der Waals surface area contributed by atoms with Crippen LogP contribution in [0.2, 0.25) is 10.0 Å². The molecule has 0 atom stereocenters. The zero-order valence-corrected chi connectivity index (χ0v) is 14.4. The third kappa shape index (κ3) is 3.78. The van der Waals surface area contributed by atoms with Crippen molar-refractivity contribution in [1.29, 1.82) is 0 Å². The lowest BCUT2D eigenvalue weighted by atomic mass is 10.3. The Hall–Kier alpha value is -1.87. The number of rotatable bonds is 5. The van der Waals surface area contributed by atoms with Crippen LogP contribution in [-0.2, 0) is 14.8 Å². The Balaban J connectivity index is 2.59. The van der Waals surface area contributed by atoms with Crippen molar-refractivity contribution in [1.82, 2.24) is 5.43 Å². The normalized spacial score (nSPS) is 11.2. The van der Waals surface area contributed by atoms with Crippen LogP contribution in [0.1, 0.15) is 0 Å². The molecule has 1 amide bonds. The molecule has 0 aliphatic rings. The number of amides is 1. The van der Waals surface area contributed by atoms with Crippen LogP contribution in [0, 0.1) is 5.82 Å². The molecule has 24 heavy (non-hydrogen) atoms. The van der Waals surface area contributed by atoms with Crippen LogP contribution >= 0.6 is 23.2 Å². The van der Waals surface area contributed by atoms with Gasteiger partial charge in [0.1, 0.15) is 12.4 Å². The molecule has 2 rings (SSSR count). The van der Waals surface area contributed by atoms with E-state index >= 15 is 0 Å². The molecule has 3 N–H and O–H groups in total. The van der Waals surface area contributed by atoms with Gasteiger partial charge in [0, 0.05) is 0 Å².